The number of aromatic nitrogens is 5. The molecule has 0 spiro atoms. The SMILES string of the molecule is c1ccc(-c2nc(-c3ccccc3)nc(-c3ccc(-n4c5ccccc5c5c6cc7c(cc6ccc54)c4ccccc4n7-c4ccccc4)cc3)n2)cc1. The maximum Gasteiger partial charge on any atom is 0.164 e. The first kappa shape index (κ1) is 30.3. The summed E-state index contributed by atoms with van der Waals surface area (Å²) in [6.07, 6.45) is 0. The van der Waals surface area contributed by atoms with Crippen molar-refractivity contribution in [2.75, 3.05) is 0 Å². The first-order chi connectivity index (χ1) is 26.8. The second-order valence-electron chi connectivity index (χ2n) is 13.7. The predicted octanol–water partition coefficient (Wildman–Crippen LogP) is 12.2. The van der Waals surface area contributed by atoms with Crippen LogP contribution in [0.3, 0.4) is 0 Å². The lowest BCUT2D eigenvalue weighted by Gasteiger charge is -2.11. The third-order valence-electron chi connectivity index (χ3n) is 10.5. The van der Waals surface area contributed by atoms with Gasteiger partial charge in [-0.1, -0.05) is 121 Å². The molecule has 0 radical (unpaired) electrons. The summed E-state index contributed by atoms with van der Waals surface area (Å²) in [4.78, 5) is 14.8. The Balaban J connectivity index is 1.10. The van der Waals surface area contributed by atoms with Gasteiger partial charge in [0, 0.05) is 49.6 Å². The number of para-hydroxylation sites is 3. The van der Waals surface area contributed by atoms with Crippen molar-refractivity contribution in [3.05, 3.63) is 188 Å². The maximum absolute atomic E-state index is 4.96. The molecule has 252 valence electrons. The molecule has 11 aromatic rings. The molecule has 0 aliphatic carbocycles. The highest BCUT2D eigenvalue weighted by Gasteiger charge is 2.19. The molecule has 0 aliphatic heterocycles. The van der Waals surface area contributed by atoms with E-state index >= 15 is 0 Å². The molecule has 54 heavy (non-hydrogen) atoms. The van der Waals surface area contributed by atoms with Gasteiger partial charge in [-0.25, -0.2) is 15.0 Å². The van der Waals surface area contributed by atoms with E-state index in [0.717, 1.165) is 39.1 Å². The van der Waals surface area contributed by atoms with Crippen molar-refractivity contribution in [2.45, 2.75) is 0 Å². The molecule has 0 saturated heterocycles. The topological polar surface area (TPSA) is 48.5 Å². The van der Waals surface area contributed by atoms with Gasteiger partial charge in [-0.15, -0.1) is 0 Å². The second-order valence-corrected chi connectivity index (χ2v) is 13.7. The van der Waals surface area contributed by atoms with E-state index in [9.17, 15) is 0 Å². The number of rotatable bonds is 5. The van der Waals surface area contributed by atoms with E-state index in [1.165, 1.54) is 43.4 Å². The summed E-state index contributed by atoms with van der Waals surface area (Å²) in [7, 11) is 0. The molecular weight excluding hydrogens is 659 g/mol. The van der Waals surface area contributed by atoms with Crippen LogP contribution in [-0.4, -0.2) is 24.1 Å². The largest absolute Gasteiger partial charge is 0.309 e. The van der Waals surface area contributed by atoms with E-state index in [-0.39, 0.29) is 0 Å². The van der Waals surface area contributed by atoms with Gasteiger partial charge in [0.05, 0.1) is 22.1 Å². The molecule has 11 rings (SSSR count). The van der Waals surface area contributed by atoms with Crippen LogP contribution < -0.4 is 0 Å². The Morgan fingerprint density at radius 1 is 0.296 bits per heavy atom. The van der Waals surface area contributed by atoms with Crippen LogP contribution in [0.5, 0.6) is 0 Å². The van der Waals surface area contributed by atoms with E-state index < -0.39 is 0 Å². The van der Waals surface area contributed by atoms with Crippen molar-refractivity contribution in [3.63, 3.8) is 0 Å². The van der Waals surface area contributed by atoms with Crippen molar-refractivity contribution in [2.24, 2.45) is 0 Å². The Bertz CT molecular complexity index is 3120. The maximum atomic E-state index is 4.96. The van der Waals surface area contributed by atoms with Gasteiger partial charge in [0.15, 0.2) is 17.5 Å². The van der Waals surface area contributed by atoms with E-state index in [1.54, 1.807) is 0 Å². The molecule has 0 bridgehead atoms. The lowest BCUT2D eigenvalue weighted by atomic mass is 10.0. The monoisotopic (exact) mass is 689 g/mol. The van der Waals surface area contributed by atoms with Gasteiger partial charge in [0.1, 0.15) is 0 Å². The molecule has 0 fully saturated rings. The molecule has 5 heteroatoms. The lowest BCUT2D eigenvalue weighted by molar-refractivity contribution is 1.07. The predicted molar refractivity (Wildman–Crippen MR) is 222 cm³/mol. The molecule has 3 heterocycles. The minimum Gasteiger partial charge on any atom is -0.309 e. The average molecular weight is 690 g/mol. The molecule has 0 unspecified atom stereocenters. The van der Waals surface area contributed by atoms with Gasteiger partial charge < -0.3 is 9.13 Å². The third kappa shape index (κ3) is 4.76. The Hall–Kier alpha value is -7.37. The minimum absolute atomic E-state index is 0.639. The van der Waals surface area contributed by atoms with E-state index in [2.05, 4.69) is 137 Å². The number of benzene rings is 8. The van der Waals surface area contributed by atoms with Gasteiger partial charge in [-0.05, 0) is 77.5 Å². The molecule has 3 aromatic heterocycles. The van der Waals surface area contributed by atoms with Gasteiger partial charge in [-0.2, -0.15) is 0 Å². The zero-order valence-corrected chi connectivity index (χ0v) is 29.1. The molecule has 8 aromatic carbocycles. The molecule has 0 amide bonds. The number of nitrogens with zero attached hydrogens (tertiary/aromatic N) is 5. The van der Waals surface area contributed by atoms with Crippen LogP contribution in [-0.2, 0) is 0 Å². The third-order valence-corrected chi connectivity index (χ3v) is 10.5. The van der Waals surface area contributed by atoms with Gasteiger partial charge >= 0.3 is 0 Å². The van der Waals surface area contributed by atoms with Crippen LogP contribution in [0.4, 0.5) is 0 Å². The summed E-state index contributed by atoms with van der Waals surface area (Å²) in [6.45, 7) is 0. The fourth-order valence-corrected chi connectivity index (χ4v) is 8.09. The van der Waals surface area contributed by atoms with Gasteiger partial charge in [-0.3, -0.25) is 0 Å². The molecule has 0 atom stereocenters. The zero-order chi connectivity index (χ0) is 35.6. The summed E-state index contributed by atoms with van der Waals surface area (Å²) in [5.41, 5.74) is 9.79. The second kappa shape index (κ2) is 12.1. The molecule has 0 saturated carbocycles. The lowest BCUT2D eigenvalue weighted by Crippen LogP contribution is -2.00. The van der Waals surface area contributed by atoms with Crippen LogP contribution in [0.15, 0.2) is 188 Å². The van der Waals surface area contributed by atoms with Gasteiger partial charge in [0.25, 0.3) is 0 Å². The Labute approximate surface area is 311 Å². The standard InChI is InChI=1S/C49H31N5/c1-4-14-32(15-5-1)47-50-48(33-16-6-2-7-17-33)52-49(51-47)34-24-27-37(28-25-34)53-43-23-13-11-21-39(43)46-40-31-45-41(30-35(40)26-29-44(46)53)38-20-10-12-22-42(38)54(45)36-18-8-3-9-19-36/h1-31H. The van der Waals surface area contributed by atoms with E-state index in [0.29, 0.717) is 17.5 Å². The molecule has 0 aliphatic rings. The Morgan fingerprint density at radius 2 is 0.778 bits per heavy atom. The number of hydrogen-bond donors (Lipinski definition) is 0. The summed E-state index contributed by atoms with van der Waals surface area (Å²) >= 11 is 0. The normalized spacial score (nSPS) is 11.7. The van der Waals surface area contributed by atoms with Crippen molar-refractivity contribution in [3.8, 4) is 45.5 Å². The van der Waals surface area contributed by atoms with Crippen molar-refractivity contribution in [1.29, 1.82) is 0 Å². The Kier molecular flexibility index (Phi) is 6.79. The fraction of sp³-hybridized carbons (Fsp3) is 0. The molecule has 0 N–H and O–H groups in total. The van der Waals surface area contributed by atoms with Crippen LogP contribution in [0.2, 0.25) is 0 Å². The van der Waals surface area contributed by atoms with Crippen molar-refractivity contribution >= 4 is 54.4 Å². The zero-order valence-electron chi connectivity index (χ0n) is 29.1. The first-order valence-corrected chi connectivity index (χ1v) is 18.2. The highest BCUT2D eigenvalue weighted by atomic mass is 15.0. The summed E-state index contributed by atoms with van der Waals surface area (Å²) in [5.74, 6) is 1.94. The van der Waals surface area contributed by atoms with Crippen LogP contribution in [0.1, 0.15) is 0 Å². The van der Waals surface area contributed by atoms with E-state index in [4.69, 9.17) is 15.0 Å². The highest BCUT2D eigenvalue weighted by molar-refractivity contribution is 6.24. The minimum atomic E-state index is 0.639. The summed E-state index contributed by atoms with van der Waals surface area (Å²) in [5, 5.41) is 7.44. The van der Waals surface area contributed by atoms with Crippen molar-refractivity contribution < 1.29 is 0 Å². The number of hydrogen-bond acceptors (Lipinski definition) is 3. The van der Waals surface area contributed by atoms with Crippen LogP contribution in [0, 0.1) is 0 Å². The Morgan fingerprint density at radius 3 is 1.41 bits per heavy atom. The average Bonchev–Trinajstić information content (AvgIpc) is 3.76. The summed E-state index contributed by atoms with van der Waals surface area (Å²) in [6, 6.07) is 66.2. The number of fused-ring (bicyclic) bond motifs is 8. The summed E-state index contributed by atoms with van der Waals surface area (Å²) < 4.78 is 4.78. The smallest absolute Gasteiger partial charge is 0.164 e. The fourth-order valence-electron chi connectivity index (χ4n) is 8.09. The molecule has 5 nitrogen and oxygen atoms in total. The quantitative estimate of drug-likeness (QED) is 0.181. The first-order valence-electron chi connectivity index (χ1n) is 18.2. The van der Waals surface area contributed by atoms with E-state index in [1.807, 2.05) is 60.7 Å². The van der Waals surface area contributed by atoms with Gasteiger partial charge in [0.2, 0.25) is 0 Å². The van der Waals surface area contributed by atoms with Crippen molar-refractivity contribution in [1.82, 2.24) is 24.1 Å². The van der Waals surface area contributed by atoms with Crippen LogP contribution in [0.25, 0.3) is 99.9 Å². The van der Waals surface area contributed by atoms with Crippen LogP contribution >= 0.6 is 0 Å². The highest BCUT2D eigenvalue weighted by Crippen LogP contribution is 2.41. The molecular formula is C49H31N5.